The van der Waals surface area contributed by atoms with Crippen molar-refractivity contribution in [2.75, 3.05) is 14.2 Å². The molecule has 1 aromatic carbocycles. The van der Waals surface area contributed by atoms with Gasteiger partial charge in [0.15, 0.2) is 0 Å². The predicted octanol–water partition coefficient (Wildman–Crippen LogP) is 4.18. The first kappa shape index (κ1) is 18.8. The standard InChI is InChI=1S/C17H21ClN2O3S/c1-10(20-24(21)17(2,3)4)12-7-11-8-13(18)15(22-5)9-14(11)19-16(12)23-6/h7-9H,1-6H3/b20-10+. The quantitative estimate of drug-likeness (QED) is 0.599. The van der Waals surface area contributed by atoms with Gasteiger partial charge in [-0.25, -0.2) is 4.98 Å². The van der Waals surface area contributed by atoms with Crippen molar-refractivity contribution in [3.8, 4) is 11.6 Å². The van der Waals surface area contributed by atoms with Gasteiger partial charge in [-0.05, 0) is 39.8 Å². The minimum absolute atomic E-state index is 0.416. The summed E-state index contributed by atoms with van der Waals surface area (Å²) < 4.78 is 26.7. The maximum absolute atomic E-state index is 12.3. The molecule has 0 saturated carbocycles. The van der Waals surface area contributed by atoms with E-state index < -0.39 is 16.1 Å². The summed E-state index contributed by atoms with van der Waals surface area (Å²) >= 11 is 4.83. The van der Waals surface area contributed by atoms with Gasteiger partial charge < -0.3 is 14.0 Å². The zero-order valence-electron chi connectivity index (χ0n) is 14.6. The van der Waals surface area contributed by atoms with E-state index >= 15 is 0 Å². The average molecular weight is 369 g/mol. The lowest BCUT2D eigenvalue weighted by Gasteiger charge is -2.19. The van der Waals surface area contributed by atoms with Gasteiger partial charge in [0.2, 0.25) is 5.88 Å². The summed E-state index contributed by atoms with van der Waals surface area (Å²) in [6.45, 7) is 7.42. The fourth-order valence-corrected chi connectivity index (χ4v) is 2.91. The lowest BCUT2D eigenvalue weighted by Crippen LogP contribution is -2.26. The molecule has 1 heterocycles. The number of fused-ring (bicyclic) bond motifs is 1. The van der Waals surface area contributed by atoms with Crippen LogP contribution in [0.25, 0.3) is 10.9 Å². The second-order valence-corrected chi connectivity index (χ2v) is 8.58. The van der Waals surface area contributed by atoms with Gasteiger partial charge in [0.25, 0.3) is 0 Å². The van der Waals surface area contributed by atoms with E-state index in [1.807, 2.05) is 26.8 Å². The van der Waals surface area contributed by atoms with Crippen LogP contribution >= 0.6 is 11.6 Å². The third-order valence-corrected chi connectivity index (χ3v) is 5.16. The number of halogens is 1. The summed E-state index contributed by atoms with van der Waals surface area (Å²) in [5.74, 6) is 0.963. The second-order valence-electron chi connectivity index (χ2n) is 6.26. The number of nitrogens with zero attached hydrogens (tertiary/aromatic N) is 2. The van der Waals surface area contributed by atoms with Crippen molar-refractivity contribution in [1.82, 2.24) is 4.98 Å². The molecule has 0 aliphatic rings. The van der Waals surface area contributed by atoms with Crippen LogP contribution in [0.15, 0.2) is 22.6 Å². The van der Waals surface area contributed by atoms with Crippen molar-refractivity contribution < 1.29 is 14.0 Å². The van der Waals surface area contributed by atoms with E-state index in [-0.39, 0.29) is 0 Å². The molecule has 0 N–H and O–H groups in total. The minimum Gasteiger partial charge on any atom is -0.591 e. The fraction of sp³-hybridized carbons (Fsp3) is 0.412. The summed E-state index contributed by atoms with van der Waals surface area (Å²) in [5.41, 5.74) is 1.98. The van der Waals surface area contributed by atoms with Crippen molar-refractivity contribution in [2.24, 2.45) is 4.40 Å². The molecule has 7 heteroatoms. The summed E-state index contributed by atoms with van der Waals surface area (Å²) in [7, 11) is 3.09. The summed E-state index contributed by atoms with van der Waals surface area (Å²) in [6, 6.07) is 5.41. The van der Waals surface area contributed by atoms with Gasteiger partial charge >= 0.3 is 0 Å². The SMILES string of the molecule is COc1cc2nc(OC)c(/C(C)=N/[S+]([O-])C(C)(C)C)cc2cc1Cl. The number of benzene rings is 1. The second kappa shape index (κ2) is 7.17. The smallest absolute Gasteiger partial charge is 0.223 e. The van der Waals surface area contributed by atoms with E-state index in [0.29, 0.717) is 33.4 Å². The molecule has 5 nitrogen and oxygen atoms in total. The molecule has 0 bridgehead atoms. The lowest BCUT2D eigenvalue weighted by molar-refractivity contribution is 0.398. The van der Waals surface area contributed by atoms with Crippen LogP contribution in [-0.2, 0) is 11.4 Å². The van der Waals surface area contributed by atoms with Crippen molar-refractivity contribution >= 4 is 39.6 Å². The fourth-order valence-electron chi connectivity index (χ4n) is 2.04. The molecular weight excluding hydrogens is 348 g/mol. The molecule has 2 rings (SSSR count). The minimum atomic E-state index is -1.36. The molecule has 0 saturated heterocycles. The van der Waals surface area contributed by atoms with Gasteiger partial charge in [-0.1, -0.05) is 16.0 Å². The molecule has 1 aromatic heterocycles. The summed E-state index contributed by atoms with van der Waals surface area (Å²) in [6.07, 6.45) is 0. The Morgan fingerprint density at radius 1 is 1.21 bits per heavy atom. The van der Waals surface area contributed by atoms with Crippen LogP contribution in [-0.4, -0.2) is 34.2 Å². The van der Waals surface area contributed by atoms with Crippen molar-refractivity contribution in [2.45, 2.75) is 32.4 Å². The Morgan fingerprint density at radius 2 is 1.88 bits per heavy atom. The highest BCUT2D eigenvalue weighted by molar-refractivity contribution is 7.91. The topological polar surface area (TPSA) is 66.8 Å². The van der Waals surface area contributed by atoms with Crippen LogP contribution in [0.2, 0.25) is 5.02 Å². The highest BCUT2D eigenvalue weighted by Crippen LogP contribution is 2.32. The third-order valence-electron chi connectivity index (χ3n) is 3.38. The molecule has 2 aromatic rings. The van der Waals surface area contributed by atoms with Crippen LogP contribution in [0.3, 0.4) is 0 Å². The van der Waals surface area contributed by atoms with Crippen LogP contribution in [0.5, 0.6) is 11.6 Å². The van der Waals surface area contributed by atoms with E-state index in [9.17, 15) is 4.55 Å². The van der Waals surface area contributed by atoms with Gasteiger partial charge in [-0.15, -0.1) is 0 Å². The highest BCUT2D eigenvalue weighted by Gasteiger charge is 2.27. The molecule has 1 atom stereocenters. The summed E-state index contributed by atoms with van der Waals surface area (Å²) in [4.78, 5) is 4.49. The molecular formula is C17H21ClN2O3S. The first-order chi connectivity index (χ1) is 11.2. The largest absolute Gasteiger partial charge is 0.591 e. The van der Waals surface area contributed by atoms with Crippen LogP contribution in [0.4, 0.5) is 0 Å². The van der Waals surface area contributed by atoms with E-state index in [4.69, 9.17) is 21.1 Å². The van der Waals surface area contributed by atoms with Crippen LogP contribution < -0.4 is 9.47 Å². The average Bonchev–Trinajstić information content (AvgIpc) is 2.51. The molecule has 0 amide bonds. The summed E-state index contributed by atoms with van der Waals surface area (Å²) in [5, 5.41) is 1.32. The number of aromatic nitrogens is 1. The van der Waals surface area contributed by atoms with E-state index in [2.05, 4.69) is 9.38 Å². The first-order valence-corrected chi connectivity index (χ1v) is 8.85. The number of hydrogen-bond acceptors (Lipinski definition) is 5. The van der Waals surface area contributed by atoms with Crippen LogP contribution in [0.1, 0.15) is 33.3 Å². The molecule has 130 valence electrons. The Morgan fingerprint density at radius 3 is 2.42 bits per heavy atom. The molecule has 0 fully saturated rings. The molecule has 0 radical (unpaired) electrons. The zero-order valence-corrected chi connectivity index (χ0v) is 16.2. The third kappa shape index (κ3) is 3.94. The monoisotopic (exact) mass is 368 g/mol. The van der Waals surface area contributed by atoms with Crippen molar-refractivity contribution in [3.05, 3.63) is 28.8 Å². The van der Waals surface area contributed by atoms with Gasteiger partial charge in [-0.2, -0.15) is 0 Å². The predicted molar refractivity (Wildman–Crippen MR) is 100.0 cm³/mol. The van der Waals surface area contributed by atoms with Crippen molar-refractivity contribution in [3.63, 3.8) is 0 Å². The van der Waals surface area contributed by atoms with E-state index in [1.165, 1.54) is 0 Å². The Hall–Kier alpha value is -1.50. The van der Waals surface area contributed by atoms with Gasteiger partial charge in [-0.3, -0.25) is 0 Å². The maximum Gasteiger partial charge on any atom is 0.223 e. The first-order valence-electron chi connectivity index (χ1n) is 7.37. The number of methoxy groups -OCH3 is 2. The molecule has 0 spiro atoms. The molecule has 0 aliphatic carbocycles. The number of pyridine rings is 1. The van der Waals surface area contributed by atoms with Crippen LogP contribution in [0, 0.1) is 0 Å². The van der Waals surface area contributed by atoms with Gasteiger partial charge in [0.1, 0.15) is 27.6 Å². The van der Waals surface area contributed by atoms with Crippen molar-refractivity contribution in [1.29, 1.82) is 0 Å². The maximum atomic E-state index is 12.3. The Bertz CT molecular complexity index is 787. The normalized spacial score (nSPS) is 13.9. The highest BCUT2D eigenvalue weighted by atomic mass is 35.5. The Kier molecular flexibility index (Phi) is 5.63. The molecule has 1 unspecified atom stereocenters. The lowest BCUT2D eigenvalue weighted by atomic mass is 10.1. The Balaban J connectivity index is 2.59. The van der Waals surface area contributed by atoms with E-state index in [1.54, 1.807) is 33.3 Å². The van der Waals surface area contributed by atoms with Gasteiger partial charge in [0, 0.05) is 11.5 Å². The van der Waals surface area contributed by atoms with Gasteiger partial charge in [0.05, 0.1) is 30.3 Å². The number of hydrogen-bond donors (Lipinski definition) is 0. The Labute approximate surface area is 150 Å². The number of rotatable bonds is 4. The molecule has 0 aliphatic heterocycles. The van der Waals surface area contributed by atoms with E-state index in [0.717, 1.165) is 5.39 Å². The number of ether oxygens (including phenoxy) is 2. The molecule has 24 heavy (non-hydrogen) atoms. The zero-order chi connectivity index (χ0) is 18.1.